The molecule has 168 valence electrons. The Morgan fingerprint density at radius 1 is 1.14 bits per heavy atom. The van der Waals surface area contributed by atoms with E-state index in [0.29, 0.717) is 58.3 Å². The van der Waals surface area contributed by atoms with Gasteiger partial charge in [0.2, 0.25) is 5.91 Å². The van der Waals surface area contributed by atoms with Gasteiger partial charge >= 0.3 is 6.09 Å². The molecule has 2 aliphatic heterocycles. The fraction of sp³-hybridized carbons (Fsp3) is 0.824. The highest BCUT2D eigenvalue weighted by molar-refractivity contribution is 14.0. The molecule has 2 N–H and O–H groups in total. The summed E-state index contributed by atoms with van der Waals surface area (Å²) in [6.45, 7) is 7.50. The maximum atomic E-state index is 12.0. The molecule has 0 aliphatic carbocycles. The second-order valence-electron chi connectivity index (χ2n) is 6.83. The first-order chi connectivity index (χ1) is 13.3. The lowest BCUT2D eigenvalue weighted by Gasteiger charge is -2.35. The van der Waals surface area contributed by atoms with Gasteiger partial charge in [-0.25, -0.2) is 13.2 Å². The van der Waals surface area contributed by atoms with Crippen LogP contribution in [0.5, 0.6) is 0 Å². The van der Waals surface area contributed by atoms with Gasteiger partial charge in [0.1, 0.15) is 0 Å². The monoisotopic (exact) mass is 545 g/mol. The molecule has 0 aromatic carbocycles. The van der Waals surface area contributed by atoms with E-state index >= 15 is 0 Å². The number of piperazine rings is 1. The molecule has 1 atom stereocenters. The number of hydrogen-bond acceptors (Lipinski definition) is 6. The van der Waals surface area contributed by atoms with E-state index in [2.05, 4.69) is 20.5 Å². The number of nitrogens with one attached hydrogen (secondary N) is 2. The van der Waals surface area contributed by atoms with Gasteiger partial charge in [0.05, 0.1) is 24.7 Å². The van der Waals surface area contributed by atoms with Crippen molar-refractivity contribution in [2.24, 2.45) is 4.99 Å². The third-order valence-electron chi connectivity index (χ3n) is 4.64. The summed E-state index contributed by atoms with van der Waals surface area (Å²) in [5.74, 6) is 0.685. The Morgan fingerprint density at radius 3 is 2.34 bits per heavy atom. The predicted octanol–water partition coefficient (Wildman–Crippen LogP) is 0.0374. The third-order valence-corrected chi connectivity index (χ3v) is 6.41. The fourth-order valence-corrected chi connectivity index (χ4v) is 4.89. The van der Waals surface area contributed by atoms with Gasteiger partial charge in [-0.3, -0.25) is 9.79 Å². The number of ether oxygens (including phenoxy) is 1. The topological polar surface area (TPSA) is 120 Å². The number of rotatable bonds is 6. The van der Waals surface area contributed by atoms with Crippen molar-refractivity contribution < 1.29 is 22.7 Å². The van der Waals surface area contributed by atoms with E-state index in [4.69, 9.17) is 4.74 Å². The van der Waals surface area contributed by atoms with Crippen LogP contribution in [0.1, 0.15) is 26.7 Å². The molecule has 0 radical (unpaired) electrons. The minimum Gasteiger partial charge on any atom is -0.450 e. The normalized spacial score (nSPS) is 21.3. The van der Waals surface area contributed by atoms with E-state index in [1.165, 1.54) is 0 Å². The minimum absolute atomic E-state index is 0. The Balaban J connectivity index is 0.00000420. The highest BCUT2D eigenvalue weighted by Gasteiger charge is 2.28. The van der Waals surface area contributed by atoms with Crippen LogP contribution in [0.4, 0.5) is 4.79 Å². The summed E-state index contributed by atoms with van der Waals surface area (Å²) in [6.07, 6.45) is 0.383. The third kappa shape index (κ3) is 8.52. The quantitative estimate of drug-likeness (QED) is 0.275. The number of nitrogens with zero attached hydrogens (tertiary/aromatic N) is 3. The number of halogens is 1. The molecule has 2 rings (SSSR count). The van der Waals surface area contributed by atoms with Crippen molar-refractivity contribution in [1.82, 2.24) is 20.4 Å². The molecule has 1 unspecified atom stereocenters. The minimum atomic E-state index is -3.01. The Morgan fingerprint density at radius 2 is 1.79 bits per heavy atom. The van der Waals surface area contributed by atoms with Crippen molar-refractivity contribution in [3.63, 3.8) is 0 Å². The Labute approximate surface area is 189 Å². The average Bonchev–Trinajstić information content (AvgIpc) is 2.99. The summed E-state index contributed by atoms with van der Waals surface area (Å²) in [5, 5.41) is 5.98. The molecule has 2 heterocycles. The van der Waals surface area contributed by atoms with Gasteiger partial charge in [-0.05, 0) is 20.3 Å². The number of carbonyl (C=O) groups is 2. The smallest absolute Gasteiger partial charge is 0.409 e. The molecule has 29 heavy (non-hydrogen) atoms. The number of carbonyl (C=O) groups excluding carboxylic acids is 2. The maximum Gasteiger partial charge on any atom is 0.409 e. The highest BCUT2D eigenvalue weighted by atomic mass is 127. The zero-order chi connectivity index (χ0) is 20.6. The molecule has 2 fully saturated rings. The van der Waals surface area contributed by atoms with Gasteiger partial charge in [-0.15, -0.1) is 24.0 Å². The number of aliphatic imine (C=N–C) groups is 1. The van der Waals surface area contributed by atoms with Crippen LogP contribution in [0.3, 0.4) is 0 Å². The van der Waals surface area contributed by atoms with Crippen molar-refractivity contribution in [1.29, 1.82) is 0 Å². The number of sulfone groups is 1. The molecule has 12 heteroatoms. The first-order valence-electron chi connectivity index (χ1n) is 9.79. The van der Waals surface area contributed by atoms with Crippen molar-refractivity contribution in [2.45, 2.75) is 32.7 Å². The van der Waals surface area contributed by atoms with Crippen molar-refractivity contribution in [2.75, 3.05) is 57.4 Å². The van der Waals surface area contributed by atoms with Crippen LogP contribution >= 0.6 is 24.0 Å². The van der Waals surface area contributed by atoms with E-state index in [9.17, 15) is 18.0 Å². The van der Waals surface area contributed by atoms with Gasteiger partial charge in [-0.1, -0.05) is 0 Å². The largest absolute Gasteiger partial charge is 0.450 e. The van der Waals surface area contributed by atoms with Crippen LogP contribution in [0.25, 0.3) is 0 Å². The number of amides is 2. The van der Waals surface area contributed by atoms with E-state index in [-0.39, 0.29) is 59.9 Å². The van der Waals surface area contributed by atoms with Crippen LogP contribution in [0, 0.1) is 0 Å². The summed E-state index contributed by atoms with van der Waals surface area (Å²) < 4.78 is 27.9. The molecule has 2 amide bonds. The van der Waals surface area contributed by atoms with E-state index in [1.54, 1.807) is 11.8 Å². The molecular weight excluding hydrogens is 513 g/mol. The van der Waals surface area contributed by atoms with Crippen LogP contribution in [-0.4, -0.2) is 99.6 Å². The van der Waals surface area contributed by atoms with Gasteiger partial charge in [0.15, 0.2) is 15.8 Å². The number of hydrogen-bond donors (Lipinski definition) is 2. The van der Waals surface area contributed by atoms with E-state index < -0.39 is 9.84 Å². The summed E-state index contributed by atoms with van der Waals surface area (Å²) in [7, 11) is -3.01. The first-order valence-corrected chi connectivity index (χ1v) is 11.6. The standard InChI is InChI=1S/C17H31N5O5S.HI/c1-3-18-16(21-8-10-22(11-9-21)17(24)27-4-2)19-7-5-15(23)20-14-6-12-28(25,26)13-14;/h14H,3-13H2,1-2H3,(H,18,19)(H,20,23);1H. The lowest BCUT2D eigenvalue weighted by atomic mass is 10.2. The van der Waals surface area contributed by atoms with Crippen LogP contribution in [0.2, 0.25) is 0 Å². The summed E-state index contributed by atoms with van der Waals surface area (Å²) in [6, 6.07) is -0.286. The first kappa shape index (κ1) is 25.7. The van der Waals surface area contributed by atoms with Crippen molar-refractivity contribution in [3.05, 3.63) is 0 Å². The second kappa shape index (κ2) is 12.4. The van der Waals surface area contributed by atoms with Gasteiger partial charge in [0, 0.05) is 45.2 Å². The van der Waals surface area contributed by atoms with Gasteiger partial charge in [0.25, 0.3) is 0 Å². The Bertz CT molecular complexity index is 680. The van der Waals surface area contributed by atoms with Crippen LogP contribution in [0.15, 0.2) is 4.99 Å². The molecule has 0 bridgehead atoms. The fourth-order valence-electron chi connectivity index (χ4n) is 3.21. The van der Waals surface area contributed by atoms with E-state index in [0.717, 1.165) is 0 Å². The molecule has 0 saturated carbocycles. The molecule has 2 aliphatic rings. The zero-order valence-corrected chi connectivity index (χ0v) is 20.2. The molecular formula is C17H32IN5O5S. The van der Waals surface area contributed by atoms with Crippen LogP contribution in [-0.2, 0) is 19.4 Å². The zero-order valence-electron chi connectivity index (χ0n) is 17.1. The lowest BCUT2D eigenvalue weighted by Crippen LogP contribution is -2.54. The van der Waals surface area contributed by atoms with E-state index in [1.807, 2.05) is 6.92 Å². The summed E-state index contributed by atoms with van der Waals surface area (Å²) in [5.41, 5.74) is 0. The lowest BCUT2D eigenvalue weighted by molar-refractivity contribution is -0.121. The predicted molar refractivity (Wildman–Crippen MR) is 121 cm³/mol. The molecule has 0 aromatic heterocycles. The second-order valence-corrected chi connectivity index (χ2v) is 9.05. The average molecular weight is 545 g/mol. The SMILES string of the molecule is CCNC(=NCCC(=O)NC1CCS(=O)(=O)C1)N1CCN(C(=O)OCC)CC1.I. The van der Waals surface area contributed by atoms with Gasteiger partial charge in [-0.2, -0.15) is 0 Å². The molecule has 2 saturated heterocycles. The molecule has 0 spiro atoms. The molecule has 10 nitrogen and oxygen atoms in total. The maximum absolute atomic E-state index is 12.0. The number of guanidine groups is 1. The Hall–Kier alpha value is -1.31. The Kier molecular flexibility index (Phi) is 11.0. The summed E-state index contributed by atoms with van der Waals surface area (Å²) >= 11 is 0. The summed E-state index contributed by atoms with van der Waals surface area (Å²) in [4.78, 5) is 32.1. The molecule has 0 aromatic rings. The van der Waals surface area contributed by atoms with Crippen LogP contribution < -0.4 is 10.6 Å². The van der Waals surface area contributed by atoms with Crippen molar-refractivity contribution in [3.8, 4) is 0 Å². The van der Waals surface area contributed by atoms with Gasteiger partial charge < -0.3 is 25.2 Å². The highest BCUT2D eigenvalue weighted by Crippen LogP contribution is 2.11. The van der Waals surface area contributed by atoms with Crippen molar-refractivity contribution >= 4 is 51.8 Å².